The van der Waals surface area contributed by atoms with Crippen LogP contribution in [0.25, 0.3) is 0 Å². The van der Waals surface area contributed by atoms with Crippen LogP contribution >= 0.6 is 11.3 Å². The van der Waals surface area contributed by atoms with Crippen LogP contribution in [0.5, 0.6) is 0 Å². The van der Waals surface area contributed by atoms with Gasteiger partial charge in [-0.1, -0.05) is 30.4 Å². The number of rotatable bonds is 7. The van der Waals surface area contributed by atoms with Gasteiger partial charge in [0.05, 0.1) is 4.90 Å². The number of nitrogens with one attached hydrogen (secondary N) is 2. The van der Waals surface area contributed by atoms with E-state index < -0.39 is 10.0 Å². The van der Waals surface area contributed by atoms with E-state index in [-0.39, 0.29) is 10.0 Å². The highest BCUT2D eigenvalue weighted by Gasteiger charge is 2.15. The zero-order chi connectivity index (χ0) is 14.4. The van der Waals surface area contributed by atoms with Crippen LogP contribution in [0, 0.1) is 0 Å². The summed E-state index contributed by atoms with van der Waals surface area (Å²) in [5.74, 6) is 0. The van der Waals surface area contributed by atoms with E-state index in [9.17, 15) is 8.42 Å². The molecule has 0 radical (unpaired) electrons. The average molecular weight is 312 g/mol. The van der Waals surface area contributed by atoms with Crippen molar-refractivity contribution in [3.8, 4) is 0 Å². The first kappa shape index (κ1) is 14.9. The fourth-order valence-electron chi connectivity index (χ4n) is 1.64. The molecule has 0 atom stereocenters. The molecule has 0 saturated carbocycles. The normalized spacial score (nSPS) is 11.4. The van der Waals surface area contributed by atoms with E-state index in [1.54, 1.807) is 12.1 Å². The predicted molar refractivity (Wildman–Crippen MR) is 79.4 cm³/mol. The summed E-state index contributed by atoms with van der Waals surface area (Å²) in [4.78, 5) is 0.222. The number of anilines is 1. The molecule has 0 aliphatic carbocycles. The molecule has 2 N–H and O–H groups in total. The van der Waals surface area contributed by atoms with Crippen LogP contribution in [0.1, 0.15) is 12.5 Å². The molecule has 6 nitrogen and oxygen atoms in total. The number of hydrogen-bond donors (Lipinski definition) is 2. The summed E-state index contributed by atoms with van der Waals surface area (Å²) in [6, 6.07) is 6.85. The summed E-state index contributed by atoms with van der Waals surface area (Å²) >= 11 is 1.14. The maximum Gasteiger partial charge on any atom is 0.263 e. The second-order valence-corrected chi connectivity index (χ2v) is 6.61. The number of hydrogen-bond acceptors (Lipinski definition) is 6. The van der Waals surface area contributed by atoms with Crippen LogP contribution in [0.2, 0.25) is 0 Å². The number of likely N-dealkylation sites (N-methyl/N-ethyl adjacent to an activating group) is 1. The Balaban J connectivity index is 2.05. The Kier molecular flexibility index (Phi) is 5.05. The number of sulfonamides is 1. The summed E-state index contributed by atoms with van der Waals surface area (Å²) in [5.41, 5.74) is 2.57. The SMILES string of the molecule is CCNCCc1ccc(S(=O)(=O)Nc2nncs2)cc1. The van der Waals surface area contributed by atoms with Gasteiger partial charge in [-0.25, -0.2) is 8.42 Å². The highest BCUT2D eigenvalue weighted by atomic mass is 32.2. The molecule has 0 spiro atoms. The maximum atomic E-state index is 12.1. The van der Waals surface area contributed by atoms with Crippen LogP contribution in [-0.2, 0) is 16.4 Å². The van der Waals surface area contributed by atoms with E-state index >= 15 is 0 Å². The van der Waals surface area contributed by atoms with Gasteiger partial charge in [0.25, 0.3) is 10.0 Å². The second kappa shape index (κ2) is 6.78. The molecular weight excluding hydrogens is 296 g/mol. The van der Waals surface area contributed by atoms with E-state index in [1.165, 1.54) is 5.51 Å². The van der Waals surface area contributed by atoms with Crippen LogP contribution in [0.4, 0.5) is 5.13 Å². The molecule has 0 amide bonds. The van der Waals surface area contributed by atoms with Gasteiger partial charge in [-0.05, 0) is 37.2 Å². The first-order chi connectivity index (χ1) is 9.62. The van der Waals surface area contributed by atoms with E-state index in [1.807, 2.05) is 12.1 Å². The van der Waals surface area contributed by atoms with Crippen LogP contribution < -0.4 is 10.0 Å². The largest absolute Gasteiger partial charge is 0.317 e. The molecule has 2 aromatic rings. The summed E-state index contributed by atoms with van der Waals surface area (Å²) in [5, 5.41) is 10.7. The summed E-state index contributed by atoms with van der Waals surface area (Å²) in [6.45, 7) is 3.86. The van der Waals surface area contributed by atoms with Crippen molar-refractivity contribution in [1.29, 1.82) is 0 Å². The lowest BCUT2D eigenvalue weighted by Crippen LogP contribution is -2.16. The quantitative estimate of drug-likeness (QED) is 0.757. The summed E-state index contributed by atoms with van der Waals surface area (Å²) in [6.07, 6.45) is 0.873. The van der Waals surface area contributed by atoms with Crippen LogP contribution in [0.3, 0.4) is 0 Å². The minimum Gasteiger partial charge on any atom is -0.317 e. The number of aromatic nitrogens is 2. The van der Waals surface area contributed by atoms with E-state index in [0.717, 1.165) is 36.4 Å². The Labute approximate surface area is 122 Å². The molecule has 1 heterocycles. The Morgan fingerprint density at radius 1 is 1.25 bits per heavy atom. The van der Waals surface area contributed by atoms with Gasteiger partial charge < -0.3 is 5.32 Å². The van der Waals surface area contributed by atoms with E-state index in [0.29, 0.717) is 0 Å². The van der Waals surface area contributed by atoms with Crippen molar-refractivity contribution in [2.75, 3.05) is 17.8 Å². The molecule has 0 aliphatic rings. The fourth-order valence-corrected chi connectivity index (χ4v) is 3.33. The van der Waals surface area contributed by atoms with Crippen LogP contribution in [-0.4, -0.2) is 31.7 Å². The molecule has 108 valence electrons. The maximum absolute atomic E-state index is 12.1. The highest BCUT2D eigenvalue weighted by molar-refractivity contribution is 7.93. The van der Waals surface area contributed by atoms with E-state index in [4.69, 9.17) is 0 Å². The van der Waals surface area contributed by atoms with Crippen molar-refractivity contribution in [2.45, 2.75) is 18.2 Å². The molecule has 2 rings (SSSR count). The van der Waals surface area contributed by atoms with Gasteiger partial charge in [0.15, 0.2) is 0 Å². The van der Waals surface area contributed by atoms with Gasteiger partial charge in [-0.2, -0.15) is 0 Å². The third-order valence-electron chi connectivity index (χ3n) is 2.66. The van der Waals surface area contributed by atoms with Gasteiger partial charge >= 0.3 is 0 Å². The highest BCUT2D eigenvalue weighted by Crippen LogP contribution is 2.17. The molecule has 8 heteroatoms. The Hall–Kier alpha value is -1.51. The molecule has 0 saturated heterocycles. The van der Waals surface area contributed by atoms with Crippen LogP contribution in [0.15, 0.2) is 34.7 Å². The van der Waals surface area contributed by atoms with Crippen molar-refractivity contribution in [3.05, 3.63) is 35.3 Å². The lowest BCUT2D eigenvalue weighted by Gasteiger charge is -2.06. The molecular formula is C12H16N4O2S2. The predicted octanol–water partition coefficient (Wildman–Crippen LogP) is 1.49. The molecule has 0 unspecified atom stereocenters. The smallest absolute Gasteiger partial charge is 0.263 e. The van der Waals surface area contributed by atoms with Gasteiger partial charge in [0.2, 0.25) is 5.13 Å². The Morgan fingerprint density at radius 3 is 2.60 bits per heavy atom. The average Bonchev–Trinajstić information content (AvgIpc) is 2.92. The third-order valence-corrected chi connectivity index (χ3v) is 4.75. The Morgan fingerprint density at radius 2 is 2.00 bits per heavy atom. The fraction of sp³-hybridized carbons (Fsp3) is 0.333. The minimum absolute atomic E-state index is 0.222. The van der Waals surface area contributed by atoms with E-state index in [2.05, 4.69) is 27.2 Å². The lowest BCUT2D eigenvalue weighted by atomic mass is 10.1. The van der Waals surface area contributed by atoms with Gasteiger partial charge in [0, 0.05) is 0 Å². The molecule has 20 heavy (non-hydrogen) atoms. The zero-order valence-electron chi connectivity index (χ0n) is 11.0. The third kappa shape index (κ3) is 3.99. The molecule has 0 fully saturated rings. The zero-order valence-corrected chi connectivity index (χ0v) is 12.7. The topological polar surface area (TPSA) is 84.0 Å². The Bertz CT molecular complexity index is 624. The minimum atomic E-state index is -3.58. The number of nitrogens with zero attached hydrogens (tertiary/aromatic N) is 2. The van der Waals surface area contributed by atoms with Crippen molar-refractivity contribution >= 4 is 26.5 Å². The molecule has 0 aliphatic heterocycles. The lowest BCUT2D eigenvalue weighted by molar-refractivity contribution is 0.601. The summed E-state index contributed by atoms with van der Waals surface area (Å²) < 4.78 is 26.6. The first-order valence-electron chi connectivity index (χ1n) is 6.20. The van der Waals surface area contributed by atoms with Gasteiger partial charge in [-0.15, -0.1) is 10.2 Å². The van der Waals surface area contributed by atoms with Gasteiger partial charge in [0.1, 0.15) is 5.51 Å². The standard InChI is InChI=1S/C12H16N4O2S2/c1-2-13-8-7-10-3-5-11(6-4-10)20(17,18)16-12-15-14-9-19-12/h3-6,9,13H,2,7-8H2,1H3,(H,15,16). The van der Waals surface area contributed by atoms with Crippen molar-refractivity contribution in [2.24, 2.45) is 0 Å². The van der Waals surface area contributed by atoms with Crippen molar-refractivity contribution in [1.82, 2.24) is 15.5 Å². The monoisotopic (exact) mass is 312 g/mol. The van der Waals surface area contributed by atoms with Crippen molar-refractivity contribution < 1.29 is 8.42 Å². The second-order valence-electron chi connectivity index (χ2n) is 4.10. The first-order valence-corrected chi connectivity index (χ1v) is 8.57. The molecule has 0 bridgehead atoms. The van der Waals surface area contributed by atoms with Gasteiger partial charge in [-0.3, -0.25) is 4.72 Å². The molecule has 1 aromatic carbocycles. The summed E-state index contributed by atoms with van der Waals surface area (Å²) in [7, 11) is -3.58. The number of benzene rings is 1. The molecule has 1 aromatic heterocycles. The van der Waals surface area contributed by atoms with Crippen molar-refractivity contribution in [3.63, 3.8) is 0 Å².